The van der Waals surface area contributed by atoms with Crippen molar-refractivity contribution in [3.63, 3.8) is 0 Å². The fourth-order valence-corrected chi connectivity index (χ4v) is 5.22. The minimum atomic E-state index is 0.0889. The highest BCUT2D eigenvalue weighted by Gasteiger charge is 2.26. The highest BCUT2D eigenvalue weighted by Crippen LogP contribution is 2.35. The Balaban J connectivity index is 1.66. The minimum absolute atomic E-state index is 0.0889. The summed E-state index contributed by atoms with van der Waals surface area (Å²) >= 11 is 3.50. The maximum atomic E-state index is 12.8. The molecule has 0 fully saturated rings. The van der Waals surface area contributed by atoms with E-state index < -0.39 is 0 Å². The predicted octanol–water partition coefficient (Wildman–Crippen LogP) is 4.14. The molecule has 1 aliphatic heterocycles. The third-order valence-electron chi connectivity index (χ3n) is 4.07. The molecule has 0 amide bonds. The monoisotopic (exact) mass is 340 g/mol. The molecule has 0 spiro atoms. The van der Waals surface area contributed by atoms with Crippen molar-refractivity contribution in [3.05, 3.63) is 64.4 Å². The smallest absolute Gasteiger partial charge is 0.262 e. The summed E-state index contributed by atoms with van der Waals surface area (Å²) in [5.41, 5.74) is 2.17. The molecule has 0 bridgehead atoms. The molecular formula is C18H16N2OS2. The molecule has 1 aliphatic rings. The summed E-state index contributed by atoms with van der Waals surface area (Å²) in [7, 11) is 0. The van der Waals surface area contributed by atoms with Crippen molar-refractivity contribution < 1.29 is 0 Å². The molecule has 4 rings (SSSR count). The van der Waals surface area contributed by atoms with E-state index in [1.165, 1.54) is 10.5 Å². The van der Waals surface area contributed by atoms with Gasteiger partial charge in [-0.15, -0.1) is 11.8 Å². The van der Waals surface area contributed by atoms with Crippen molar-refractivity contribution >= 4 is 34.4 Å². The summed E-state index contributed by atoms with van der Waals surface area (Å²) in [6.07, 6.45) is 0. The molecule has 1 aromatic heterocycles. The van der Waals surface area contributed by atoms with E-state index in [-0.39, 0.29) is 11.6 Å². The molecule has 116 valence electrons. The molecule has 0 aliphatic carbocycles. The van der Waals surface area contributed by atoms with Crippen LogP contribution in [0.5, 0.6) is 0 Å². The average molecular weight is 340 g/mol. The van der Waals surface area contributed by atoms with E-state index >= 15 is 0 Å². The second-order valence-electron chi connectivity index (χ2n) is 5.63. The van der Waals surface area contributed by atoms with Crippen molar-refractivity contribution in [2.24, 2.45) is 0 Å². The maximum absolute atomic E-state index is 12.8. The first-order valence-corrected chi connectivity index (χ1v) is 9.53. The molecule has 0 radical (unpaired) electrons. The van der Waals surface area contributed by atoms with Gasteiger partial charge in [-0.1, -0.05) is 42.1 Å². The number of fused-ring (bicyclic) bond motifs is 2. The van der Waals surface area contributed by atoms with Gasteiger partial charge in [-0.3, -0.25) is 9.36 Å². The number of para-hydroxylation sites is 1. The van der Waals surface area contributed by atoms with Crippen LogP contribution in [0.2, 0.25) is 0 Å². The van der Waals surface area contributed by atoms with Crippen LogP contribution in [-0.4, -0.2) is 21.1 Å². The zero-order valence-corrected chi connectivity index (χ0v) is 14.4. The summed E-state index contributed by atoms with van der Waals surface area (Å²) in [6.45, 7) is 2.13. The normalized spacial score (nSPS) is 16.7. The van der Waals surface area contributed by atoms with E-state index in [1.807, 2.05) is 40.6 Å². The highest BCUT2D eigenvalue weighted by molar-refractivity contribution is 8.00. The van der Waals surface area contributed by atoms with Crippen molar-refractivity contribution in [2.75, 3.05) is 11.5 Å². The lowest BCUT2D eigenvalue weighted by Gasteiger charge is -2.14. The van der Waals surface area contributed by atoms with Crippen LogP contribution in [0.15, 0.2) is 63.4 Å². The van der Waals surface area contributed by atoms with Crippen LogP contribution < -0.4 is 5.56 Å². The van der Waals surface area contributed by atoms with Gasteiger partial charge in [-0.2, -0.15) is 0 Å². The Morgan fingerprint density at radius 3 is 2.87 bits per heavy atom. The molecule has 2 aromatic carbocycles. The maximum Gasteiger partial charge on any atom is 0.262 e. The van der Waals surface area contributed by atoms with Gasteiger partial charge in [-0.05, 0) is 30.7 Å². The third kappa shape index (κ3) is 2.68. The number of hydrogen-bond donors (Lipinski definition) is 0. The third-order valence-corrected chi connectivity index (χ3v) is 6.49. The Kier molecular flexibility index (Phi) is 3.91. The lowest BCUT2D eigenvalue weighted by atomic mass is 10.2. The van der Waals surface area contributed by atoms with E-state index in [9.17, 15) is 4.79 Å². The summed E-state index contributed by atoms with van der Waals surface area (Å²) in [5.74, 6) is 1.81. The standard InChI is InChI=1S/C18H16N2OS2/c1-12-6-2-5-9-16(12)22-10-13-11-23-18-19-15-8-4-3-7-14(15)17(21)20(13)18/h2-9,13H,10-11H2,1H3/t13-/m0/s1. The zero-order chi connectivity index (χ0) is 15.8. The molecule has 0 unspecified atom stereocenters. The molecule has 23 heavy (non-hydrogen) atoms. The Morgan fingerprint density at radius 2 is 2.00 bits per heavy atom. The molecule has 5 heteroatoms. The second kappa shape index (κ2) is 6.06. The van der Waals surface area contributed by atoms with Crippen LogP contribution in [0, 0.1) is 6.92 Å². The van der Waals surface area contributed by atoms with Gasteiger partial charge in [0.15, 0.2) is 5.16 Å². The van der Waals surface area contributed by atoms with Crippen LogP contribution >= 0.6 is 23.5 Å². The van der Waals surface area contributed by atoms with Crippen LogP contribution in [-0.2, 0) is 0 Å². The van der Waals surface area contributed by atoms with E-state index in [2.05, 4.69) is 36.2 Å². The summed E-state index contributed by atoms with van der Waals surface area (Å²) in [5, 5.41) is 1.56. The van der Waals surface area contributed by atoms with E-state index in [0.717, 1.165) is 22.2 Å². The number of nitrogens with zero attached hydrogens (tertiary/aromatic N) is 2. The van der Waals surface area contributed by atoms with Gasteiger partial charge < -0.3 is 0 Å². The number of rotatable bonds is 3. The SMILES string of the molecule is Cc1ccccc1SC[C@H]1CSc2nc3ccccc3c(=O)n21. The molecular weight excluding hydrogens is 324 g/mol. The quantitative estimate of drug-likeness (QED) is 0.530. The predicted molar refractivity (Wildman–Crippen MR) is 97.7 cm³/mol. The first-order valence-electron chi connectivity index (χ1n) is 7.56. The Labute approximate surface area is 143 Å². The lowest BCUT2D eigenvalue weighted by Crippen LogP contribution is -2.25. The Bertz CT molecular complexity index is 936. The van der Waals surface area contributed by atoms with Crippen molar-refractivity contribution in [2.45, 2.75) is 23.0 Å². The number of benzene rings is 2. The topological polar surface area (TPSA) is 34.9 Å². The average Bonchev–Trinajstić information content (AvgIpc) is 2.98. The van der Waals surface area contributed by atoms with E-state index in [4.69, 9.17) is 0 Å². The van der Waals surface area contributed by atoms with Crippen molar-refractivity contribution in [1.82, 2.24) is 9.55 Å². The number of aryl methyl sites for hydroxylation is 1. The van der Waals surface area contributed by atoms with E-state index in [1.54, 1.807) is 11.8 Å². The van der Waals surface area contributed by atoms with Crippen molar-refractivity contribution in [3.8, 4) is 0 Å². The molecule has 0 saturated heterocycles. The number of hydrogen-bond acceptors (Lipinski definition) is 4. The molecule has 0 saturated carbocycles. The zero-order valence-electron chi connectivity index (χ0n) is 12.7. The van der Waals surface area contributed by atoms with E-state index in [0.29, 0.717) is 5.39 Å². The minimum Gasteiger partial charge on any atom is -0.282 e. The summed E-state index contributed by atoms with van der Waals surface area (Å²) in [4.78, 5) is 18.8. The van der Waals surface area contributed by atoms with Gasteiger partial charge in [-0.25, -0.2) is 4.98 Å². The Morgan fingerprint density at radius 1 is 1.22 bits per heavy atom. The molecule has 3 aromatic rings. The van der Waals surface area contributed by atoms with Gasteiger partial charge in [0.05, 0.1) is 16.9 Å². The van der Waals surface area contributed by atoms with Crippen LogP contribution in [0.3, 0.4) is 0 Å². The molecule has 0 N–H and O–H groups in total. The largest absolute Gasteiger partial charge is 0.282 e. The van der Waals surface area contributed by atoms with Gasteiger partial charge in [0.2, 0.25) is 0 Å². The van der Waals surface area contributed by atoms with Gasteiger partial charge in [0.1, 0.15) is 0 Å². The van der Waals surface area contributed by atoms with Crippen LogP contribution in [0.1, 0.15) is 11.6 Å². The highest BCUT2D eigenvalue weighted by atomic mass is 32.2. The van der Waals surface area contributed by atoms with Gasteiger partial charge >= 0.3 is 0 Å². The fraction of sp³-hybridized carbons (Fsp3) is 0.222. The first-order chi connectivity index (χ1) is 11.2. The lowest BCUT2D eigenvalue weighted by molar-refractivity contribution is 0.558. The fourth-order valence-electron chi connectivity index (χ4n) is 2.82. The van der Waals surface area contributed by atoms with Gasteiger partial charge in [0, 0.05) is 16.4 Å². The molecule has 2 heterocycles. The molecule has 1 atom stereocenters. The van der Waals surface area contributed by atoms with Crippen molar-refractivity contribution in [1.29, 1.82) is 0 Å². The summed E-state index contributed by atoms with van der Waals surface area (Å²) in [6, 6.07) is 16.2. The van der Waals surface area contributed by atoms with Crippen LogP contribution in [0.4, 0.5) is 0 Å². The second-order valence-corrected chi connectivity index (χ2v) is 7.68. The number of aromatic nitrogens is 2. The van der Waals surface area contributed by atoms with Gasteiger partial charge in [0.25, 0.3) is 5.56 Å². The first kappa shape index (κ1) is 14.8. The number of thioether (sulfide) groups is 2. The summed E-state index contributed by atoms with van der Waals surface area (Å²) < 4.78 is 1.89. The Hall–Kier alpha value is -1.72. The molecule has 3 nitrogen and oxygen atoms in total. The van der Waals surface area contributed by atoms with Crippen LogP contribution in [0.25, 0.3) is 10.9 Å².